The molecular weight excluding hydrogens is 210 g/mol. The van der Waals surface area contributed by atoms with Gasteiger partial charge in [0.25, 0.3) is 0 Å². The standard InChI is InChI=1S/C11H21NO4/c1-4-15-10(11(13)14)7-12(3)9-5-6-16-8(9)2/h8-10H,4-7H2,1-3H3,(H,13,14). The highest BCUT2D eigenvalue weighted by Crippen LogP contribution is 2.18. The van der Waals surface area contributed by atoms with Crippen LogP contribution in [0, 0.1) is 0 Å². The van der Waals surface area contributed by atoms with E-state index in [1.54, 1.807) is 6.92 Å². The fraction of sp³-hybridized carbons (Fsp3) is 0.909. The third-order valence-corrected chi connectivity index (χ3v) is 3.00. The van der Waals surface area contributed by atoms with E-state index >= 15 is 0 Å². The molecule has 1 fully saturated rings. The fourth-order valence-corrected chi connectivity index (χ4v) is 2.10. The maximum Gasteiger partial charge on any atom is 0.334 e. The van der Waals surface area contributed by atoms with E-state index < -0.39 is 12.1 Å². The van der Waals surface area contributed by atoms with E-state index in [1.807, 2.05) is 18.9 Å². The molecule has 0 aliphatic carbocycles. The lowest BCUT2D eigenvalue weighted by Crippen LogP contribution is -2.44. The second-order valence-corrected chi connectivity index (χ2v) is 4.15. The first-order valence-corrected chi connectivity index (χ1v) is 5.72. The molecule has 0 spiro atoms. The Balaban J connectivity index is 2.47. The van der Waals surface area contributed by atoms with Crippen molar-refractivity contribution in [1.29, 1.82) is 0 Å². The smallest absolute Gasteiger partial charge is 0.334 e. The lowest BCUT2D eigenvalue weighted by molar-refractivity contribution is -0.151. The molecule has 1 rings (SSSR count). The minimum absolute atomic E-state index is 0.168. The first kappa shape index (κ1) is 13.4. The van der Waals surface area contributed by atoms with E-state index in [9.17, 15) is 4.79 Å². The van der Waals surface area contributed by atoms with Crippen molar-refractivity contribution < 1.29 is 19.4 Å². The number of nitrogens with zero attached hydrogens (tertiary/aromatic N) is 1. The summed E-state index contributed by atoms with van der Waals surface area (Å²) in [6.07, 6.45) is 0.375. The molecule has 0 aromatic carbocycles. The monoisotopic (exact) mass is 231 g/mol. The van der Waals surface area contributed by atoms with Gasteiger partial charge in [0.2, 0.25) is 0 Å². The number of carboxylic acid groups (broad SMARTS) is 1. The lowest BCUT2D eigenvalue weighted by atomic mass is 10.1. The Hall–Kier alpha value is -0.650. The average molecular weight is 231 g/mol. The van der Waals surface area contributed by atoms with Gasteiger partial charge < -0.3 is 14.6 Å². The Morgan fingerprint density at radius 3 is 2.81 bits per heavy atom. The maximum atomic E-state index is 10.9. The molecule has 3 unspecified atom stereocenters. The van der Waals surface area contributed by atoms with Gasteiger partial charge in [-0.1, -0.05) is 0 Å². The number of carboxylic acids is 1. The van der Waals surface area contributed by atoms with E-state index in [0.717, 1.165) is 13.0 Å². The molecule has 1 N–H and O–H groups in total. The predicted molar refractivity (Wildman–Crippen MR) is 59.5 cm³/mol. The normalized spacial score (nSPS) is 27.2. The summed E-state index contributed by atoms with van der Waals surface area (Å²) in [5.74, 6) is -0.903. The molecule has 16 heavy (non-hydrogen) atoms. The van der Waals surface area contributed by atoms with E-state index in [4.69, 9.17) is 14.6 Å². The number of rotatable bonds is 6. The van der Waals surface area contributed by atoms with Gasteiger partial charge in [0.05, 0.1) is 6.10 Å². The molecule has 1 heterocycles. The minimum atomic E-state index is -0.903. The number of hydrogen-bond donors (Lipinski definition) is 1. The number of hydrogen-bond acceptors (Lipinski definition) is 4. The highest BCUT2D eigenvalue weighted by molar-refractivity contribution is 5.72. The number of aliphatic carboxylic acids is 1. The minimum Gasteiger partial charge on any atom is -0.479 e. The van der Waals surface area contributed by atoms with Crippen molar-refractivity contribution in [2.45, 2.75) is 38.5 Å². The summed E-state index contributed by atoms with van der Waals surface area (Å²) in [5, 5.41) is 8.98. The van der Waals surface area contributed by atoms with Crippen LogP contribution < -0.4 is 0 Å². The summed E-state index contributed by atoms with van der Waals surface area (Å²) in [6.45, 7) is 5.40. The zero-order valence-electron chi connectivity index (χ0n) is 10.2. The van der Waals surface area contributed by atoms with E-state index in [1.165, 1.54) is 0 Å². The molecule has 1 aliphatic heterocycles. The molecule has 5 heteroatoms. The zero-order valence-corrected chi connectivity index (χ0v) is 10.2. The van der Waals surface area contributed by atoms with Crippen molar-refractivity contribution in [1.82, 2.24) is 4.90 Å². The quantitative estimate of drug-likeness (QED) is 0.725. The van der Waals surface area contributed by atoms with Crippen LogP contribution in [0.2, 0.25) is 0 Å². The van der Waals surface area contributed by atoms with E-state index in [0.29, 0.717) is 19.2 Å². The van der Waals surface area contributed by atoms with E-state index in [-0.39, 0.29) is 6.10 Å². The molecule has 1 aliphatic rings. The molecule has 0 saturated carbocycles. The summed E-state index contributed by atoms with van der Waals surface area (Å²) in [5.41, 5.74) is 0. The predicted octanol–water partition coefficient (Wildman–Crippen LogP) is 0.585. The average Bonchev–Trinajstić information content (AvgIpc) is 2.63. The Bertz CT molecular complexity index is 234. The van der Waals surface area contributed by atoms with Crippen LogP contribution in [0.3, 0.4) is 0 Å². The van der Waals surface area contributed by atoms with Gasteiger partial charge in [-0.15, -0.1) is 0 Å². The van der Waals surface area contributed by atoms with Crippen molar-refractivity contribution in [3.05, 3.63) is 0 Å². The van der Waals surface area contributed by atoms with Crippen molar-refractivity contribution in [3.63, 3.8) is 0 Å². The zero-order chi connectivity index (χ0) is 12.1. The van der Waals surface area contributed by atoms with Crippen molar-refractivity contribution >= 4 is 5.97 Å². The van der Waals surface area contributed by atoms with Crippen LogP contribution in [0.1, 0.15) is 20.3 Å². The van der Waals surface area contributed by atoms with Crippen LogP contribution in [-0.2, 0) is 14.3 Å². The van der Waals surface area contributed by atoms with Gasteiger partial charge >= 0.3 is 5.97 Å². The van der Waals surface area contributed by atoms with Crippen molar-refractivity contribution in [2.75, 3.05) is 26.8 Å². The first-order valence-electron chi connectivity index (χ1n) is 5.72. The molecule has 0 aromatic heterocycles. The second kappa shape index (κ2) is 6.18. The molecule has 1 saturated heterocycles. The Labute approximate surface area is 96.3 Å². The SMILES string of the molecule is CCOC(CN(C)C1CCOC1C)C(=O)O. The summed E-state index contributed by atoms with van der Waals surface area (Å²) >= 11 is 0. The van der Waals surface area contributed by atoms with E-state index in [2.05, 4.69) is 0 Å². The van der Waals surface area contributed by atoms with Gasteiger partial charge in [0.1, 0.15) is 0 Å². The summed E-state index contributed by atoms with van der Waals surface area (Å²) in [6, 6.07) is 0.294. The van der Waals surface area contributed by atoms with Crippen LogP contribution in [0.25, 0.3) is 0 Å². The molecule has 5 nitrogen and oxygen atoms in total. The van der Waals surface area contributed by atoms with Gasteiger partial charge in [-0.2, -0.15) is 0 Å². The second-order valence-electron chi connectivity index (χ2n) is 4.15. The largest absolute Gasteiger partial charge is 0.479 e. The summed E-state index contributed by atoms with van der Waals surface area (Å²) in [7, 11) is 1.92. The first-order chi connectivity index (χ1) is 7.56. The highest BCUT2D eigenvalue weighted by atomic mass is 16.5. The van der Waals surface area contributed by atoms with Crippen LogP contribution in [0.15, 0.2) is 0 Å². The molecule has 0 aromatic rings. The van der Waals surface area contributed by atoms with Gasteiger partial charge in [-0.25, -0.2) is 4.79 Å². The van der Waals surface area contributed by atoms with Crippen LogP contribution >= 0.6 is 0 Å². The van der Waals surface area contributed by atoms with Gasteiger partial charge in [-0.3, -0.25) is 4.90 Å². The van der Waals surface area contributed by atoms with Gasteiger partial charge in [0.15, 0.2) is 6.10 Å². The number of likely N-dealkylation sites (N-methyl/N-ethyl adjacent to an activating group) is 1. The van der Waals surface area contributed by atoms with Crippen LogP contribution in [-0.4, -0.2) is 61.0 Å². The van der Waals surface area contributed by atoms with Crippen LogP contribution in [0.4, 0.5) is 0 Å². The highest BCUT2D eigenvalue weighted by Gasteiger charge is 2.30. The Kier molecular flexibility index (Phi) is 5.18. The van der Waals surface area contributed by atoms with Crippen LogP contribution in [0.5, 0.6) is 0 Å². The molecule has 0 bridgehead atoms. The van der Waals surface area contributed by atoms with Crippen molar-refractivity contribution in [3.8, 4) is 0 Å². The fourth-order valence-electron chi connectivity index (χ4n) is 2.10. The summed E-state index contributed by atoms with van der Waals surface area (Å²) < 4.78 is 10.6. The topological polar surface area (TPSA) is 59.0 Å². The number of carbonyl (C=O) groups is 1. The third kappa shape index (κ3) is 3.43. The van der Waals surface area contributed by atoms with Gasteiger partial charge in [0, 0.05) is 25.8 Å². The van der Waals surface area contributed by atoms with Gasteiger partial charge in [-0.05, 0) is 27.3 Å². The molecule has 94 valence electrons. The molecule has 0 amide bonds. The Morgan fingerprint density at radius 1 is 1.69 bits per heavy atom. The number of ether oxygens (including phenoxy) is 2. The maximum absolute atomic E-state index is 10.9. The Morgan fingerprint density at radius 2 is 2.38 bits per heavy atom. The van der Waals surface area contributed by atoms with Crippen molar-refractivity contribution in [2.24, 2.45) is 0 Å². The molecule has 3 atom stereocenters. The summed E-state index contributed by atoms with van der Waals surface area (Å²) in [4.78, 5) is 13.0. The molecular formula is C11H21NO4. The lowest BCUT2D eigenvalue weighted by Gasteiger charge is -2.28. The molecule has 0 radical (unpaired) electrons. The third-order valence-electron chi connectivity index (χ3n) is 3.00.